The number of nitrogens with zero attached hydrogens (tertiary/aromatic N) is 1. The highest BCUT2D eigenvalue weighted by atomic mass is 32.2. The second-order valence-corrected chi connectivity index (χ2v) is 5.64. The van der Waals surface area contributed by atoms with Crippen molar-refractivity contribution in [2.75, 3.05) is 25.9 Å². The molecule has 0 spiro atoms. The molecule has 5 heteroatoms. The summed E-state index contributed by atoms with van der Waals surface area (Å²) < 4.78 is 0. The van der Waals surface area contributed by atoms with E-state index in [2.05, 4.69) is 5.32 Å². The predicted molar refractivity (Wildman–Crippen MR) is 81.0 cm³/mol. The van der Waals surface area contributed by atoms with Crippen molar-refractivity contribution in [1.29, 1.82) is 0 Å². The van der Waals surface area contributed by atoms with Gasteiger partial charge in [-0.3, -0.25) is 9.59 Å². The van der Waals surface area contributed by atoms with Crippen LogP contribution in [0.15, 0.2) is 29.2 Å². The van der Waals surface area contributed by atoms with E-state index >= 15 is 0 Å². The lowest BCUT2D eigenvalue weighted by Gasteiger charge is -2.15. The van der Waals surface area contributed by atoms with Crippen LogP contribution in [0.2, 0.25) is 0 Å². The van der Waals surface area contributed by atoms with E-state index in [1.54, 1.807) is 11.8 Å². The van der Waals surface area contributed by atoms with Gasteiger partial charge in [-0.15, -0.1) is 11.8 Å². The van der Waals surface area contributed by atoms with E-state index in [0.717, 1.165) is 36.4 Å². The Bertz CT molecular complexity index is 491. The predicted octanol–water partition coefficient (Wildman–Crippen LogP) is 2.15. The molecule has 1 aromatic carbocycles. The third-order valence-electron chi connectivity index (χ3n) is 3.41. The third-order valence-corrected chi connectivity index (χ3v) is 4.21. The normalized spacial score (nSPS) is 14.7. The van der Waals surface area contributed by atoms with Gasteiger partial charge in [-0.2, -0.15) is 0 Å². The van der Waals surface area contributed by atoms with Crippen LogP contribution in [0.25, 0.3) is 0 Å². The summed E-state index contributed by atoms with van der Waals surface area (Å²) in [6.07, 6.45) is 4.41. The minimum atomic E-state index is -0.0392. The van der Waals surface area contributed by atoms with Gasteiger partial charge in [0, 0.05) is 31.0 Å². The van der Waals surface area contributed by atoms with Gasteiger partial charge < -0.3 is 10.2 Å². The zero-order chi connectivity index (χ0) is 14.4. The van der Waals surface area contributed by atoms with E-state index in [9.17, 15) is 9.59 Å². The molecule has 0 aliphatic carbocycles. The summed E-state index contributed by atoms with van der Waals surface area (Å²) >= 11 is 1.57. The van der Waals surface area contributed by atoms with Gasteiger partial charge in [-0.1, -0.05) is 12.1 Å². The summed E-state index contributed by atoms with van der Waals surface area (Å²) in [6, 6.07) is 7.59. The van der Waals surface area contributed by atoms with Gasteiger partial charge in [0.1, 0.15) is 0 Å². The van der Waals surface area contributed by atoms with E-state index in [1.807, 2.05) is 35.4 Å². The molecule has 0 aromatic heterocycles. The molecule has 1 fully saturated rings. The SMILES string of the molecule is CSc1ccccc1C(=O)NCCCN1CCCC1=O. The summed E-state index contributed by atoms with van der Waals surface area (Å²) in [5, 5.41) is 2.92. The van der Waals surface area contributed by atoms with Crippen molar-refractivity contribution in [2.45, 2.75) is 24.2 Å². The van der Waals surface area contributed by atoms with Crippen molar-refractivity contribution in [3.63, 3.8) is 0 Å². The molecule has 2 amide bonds. The Morgan fingerprint density at radius 1 is 1.40 bits per heavy atom. The molecule has 4 nitrogen and oxygen atoms in total. The average molecular weight is 292 g/mol. The van der Waals surface area contributed by atoms with Crippen LogP contribution in [0.1, 0.15) is 29.6 Å². The van der Waals surface area contributed by atoms with Gasteiger partial charge in [-0.25, -0.2) is 0 Å². The number of rotatable bonds is 6. The van der Waals surface area contributed by atoms with Crippen molar-refractivity contribution in [1.82, 2.24) is 10.2 Å². The number of hydrogen-bond donors (Lipinski definition) is 1. The van der Waals surface area contributed by atoms with Gasteiger partial charge in [0.25, 0.3) is 5.91 Å². The molecule has 1 N–H and O–H groups in total. The molecule has 1 aliphatic heterocycles. The highest BCUT2D eigenvalue weighted by Gasteiger charge is 2.19. The fourth-order valence-corrected chi connectivity index (χ4v) is 2.94. The summed E-state index contributed by atoms with van der Waals surface area (Å²) in [4.78, 5) is 26.4. The number of carbonyl (C=O) groups excluding carboxylic acids is 2. The second-order valence-electron chi connectivity index (χ2n) is 4.79. The van der Waals surface area contributed by atoms with Gasteiger partial charge >= 0.3 is 0 Å². The first kappa shape index (κ1) is 14.9. The Balaban J connectivity index is 1.76. The van der Waals surface area contributed by atoms with Crippen LogP contribution >= 0.6 is 11.8 Å². The number of amides is 2. The minimum Gasteiger partial charge on any atom is -0.352 e. The molecular formula is C15H20N2O2S. The first-order chi connectivity index (χ1) is 9.72. The maximum atomic E-state index is 12.1. The average Bonchev–Trinajstić information content (AvgIpc) is 2.88. The molecule has 1 aliphatic rings. The number of hydrogen-bond acceptors (Lipinski definition) is 3. The summed E-state index contributed by atoms with van der Waals surface area (Å²) in [6.45, 7) is 2.21. The van der Waals surface area contributed by atoms with Crippen LogP contribution in [0.3, 0.4) is 0 Å². The molecule has 0 unspecified atom stereocenters. The number of thioether (sulfide) groups is 1. The van der Waals surface area contributed by atoms with Gasteiger partial charge in [0.05, 0.1) is 5.56 Å². The van der Waals surface area contributed by atoms with E-state index in [-0.39, 0.29) is 11.8 Å². The quantitative estimate of drug-likeness (QED) is 0.645. The summed E-state index contributed by atoms with van der Waals surface area (Å²) in [7, 11) is 0. The van der Waals surface area contributed by atoms with E-state index in [1.165, 1.54) is 0 Å². The van der Waals surface area contributed by atoms with Crippen LogP contribution in [0.5, 0.6) is 0 Å². The van der Waals surface area contributed by atoms with Gasteiger partial charge in [0.2, 0.25) is 5.91 Å². The standard InChI is InChI=1S/C15H20N2O2S/c1-20-13-7-3-2-6-12(13)15(19)16-9-5-11-17-10-4-8-14(17)18/h2-3,6-7H,4-5,8-11H2,1H3,(H,16,19). The Morgan fingerprint density at radius 3 is 2.90 bits per heavy atom. The molecule has 1 saturated heterocycles. The molecule has 0 saturated carbocycles. The molecule has 2 rings (SSSR count). The van der Waals surface area contributed by atoms with Crippen molar-refractivity contribution in [2.24, 2.45) is 0 Å². The highest BCUT2D eigenvalue weighted by Crippen LogP contribution is 2.19. The van der Waals surface area contributed by atoms with Gasteiger partial charge in [0.15, 0.2) is 0 Å². The topological polar surface area (TPSA) is 49.4 Å². The fraction of sp³-hybridized carbons (Fsp3) is 0.467. The molecule has 0 radical (unpaired) electrons. The first-order valence-electron chi connectivity index (χ1n) is 6.91. The Labute approximate surface area is 123 Å². The van der Waals surface area contributed by atoms with Crippen molar-refractivity contribution < 1.29 is 9.59 Å². The maximum absolute atomic E-state index is 12.1. The number of carbonyl (C=O) groups is 2. The van der Waals surface area contributed by atoms with E-state index < -0.39 is 0 Å². The zero-order valence-electron chi connectivity index (χ0n) is 11.7. The Kier molecular flexibility index (Phi) is 5.47. The van der Waals surface area contributed by atoms with Crippen LogP contribution in [0.4, 0.5) is 0 Å². The van der Waals surface area contributed by atoms with Crippen molar-refractivity contribution >= 4 is 23.6 Å². The minimum absolute atomic E-state index is 0.0392. The molecule has 1 heterocycles. The van der Waals surface area contributed by atoms with E-state index in [4.69, 9.17) is 0 Å². The largest absolute Gasteiger partial charge is 0.352 e. The number of likely N-dealkylation sites (tertiary alicyclic amines) is 1. The van der Waals surface area contributed by atoms with Crippen LogP contribution in [0, 0.1) is 0 Å². The monoisotopic (exact) mass is 292 g/mol. The summed E-state index contributed by atoms with van der Waals surface area (Å²) in [5.74, 6) is 0.201. The second kappa shape index (κ2) is 7.33. The maximum Gasteiger partial charge on any atom is 0.252 e. The van der Waals surface area contributed by atoms with Gasteiger partial charge in [-0.05, 0) is 31.2 Å². The first-order valence-corrected chi connectivity index (χ1v) is 8.14. The zero-order valence-corrected chi connectivity index (χ0v) is 12.5. The Morgan fingerprint density at radius 2 is 2.20 bits per heavy atom. The molecule has 20 heavy (non-hydrogen) atoms. The molecule has 0 atom stereocenters. The van der Waals surface area contributed by atoms with Crippen molar-refractivity contribution in [3.8, 4) is 0 Å². The van der Waals surface area contributed by atoms with Crippen LogP contribution in [-0.2, 0) is 4.79 Å². The molecule has 1 aromatic rings. The van der Waals surface area contributed by atoms with Crippen LogP contribution in [-0.4, -0.2) is 42.6 Å². The van der Waals surface area contributed by atoms with E-state index in [0.29, 0.717) is 13.0 Å². The lowest BCUT2D eigenvalue weighted by atomic mass is 10.2. The van der Waals surface area contributed by atoms with Crippen LogP contribution < -0.4 is 5.32 Å². The molecular weight excluding hydrogens is 272 g/mol. The van der Waals surface area contributed by atoms with Crippen molar-refractivity contribution in [3.05, 3.63) is 29.8 Å². The fourth-order valence-electron chi connectivity index (χ4n) is 2.34. The smallest absolute Gasteiger partial charge is 0.252 e. The lowest BCUT2D eigenvalue weighted by Crippen LogP contribution is -2.30. The third kappa shape index (κ3) is 3.76. The Hall–Kier alpha value is -1.49. The highest BCUT2D eigenvalue weighted by molar-refractivity contribution is 7.98. The molecule has 0 bridgehead atoms. The molecule has 108 valence electrons. The summed E-state index contributed by atoms with van der Waals surface area (Å²) in [5.41, 5.74) is 0.720. The number of nitrogens with one attached hydrogen (secondary N) is 1. The lowest BCUT2D eigenvalue weighted by molar-refractivity contribution is -0.127. The number of benzene rings is 1.